The van der Waals surface area contributed by atoms with E-state index >= 15 is 9.59 Å². The first-order chi connectivity index (χ1) is 29.9. The first-order valence-electron chi connectivity index (χ1n) is 19.8. The maximum Gasteiger partial charge on any atom is 0.260 e. The third-order valence-electron chi connectivity index (χ3n) is 12.9. The highest BCUT2D eigenvalue weighted by molar-refractivity contribution is 9.10. The Labute approximate surface area is 373 Å². The Morgan fingerprint density at radius 1 is 0.871 bits per heavy atom. The van der Waals surface area contributed by atoms with E-state index in [2.05, 4.69) is 26.3 Å². The molecule has 6 aromatic rings. The monoisotopic (exact) mass is 932 g/mol. The molecule has 312 valence electrons. The Morgan fingerprint density at radius 3 is 2.34 bits per heavy atom. The van der Waals surface area contributed by atoms with Gasteiger partial charge in [-0.3, -0.25) is 29.5 Å². The molecule has 15 heteroatoms. The fourth-order valence-corrected chi connectivity index (χ4v) is 11.0. The zero-order valence-corrected chi connectivity index (χ0v) is 36.1. The summed E-state index contributed by atoms with van der Waals surface area (Å²) in [7, 11) is 2.96. The zero-order valence-electron chi connectivity index (χ0n) is 33.0. The molecule has 0 unspecified atom stereocenters. The van der Waals surface area contributed by atoms with Gasteiger partial charge in [-0.2, -0.15) is 5.01 Å². The van der Waals surface area contributed by atoms with Crippen molar-refractivity contribution >= 4 is 85.2 Å². The van der Waals surface area contributed by atoms with Gasteiger partial charge in [-0.1, -0.05) is 59.1 Å². The normalized spacial score (nSPS) is 24.2. The molecule has 5 aromatic carbocycles. The van der Waals surface area contributed by atoms with Crippen molar-refractivity contribution in [2.45, 2.75) is 24.2 Å². The minimum Gasteiger partial charge on any atom is -0.503 e. The van der Waals surface area contributed by atoms with Crippen molar-refractivity contribution < 1.29 is 38.2 Å². The van der Waals surface area contributed by atoms with Crippen LogP contribution in [0.25, 0.3) is 22.6 Å². The number of aromatic nitrogens is 1. The van der Waals surface area contributed by atoms with Gasteiger partial charge in [0.05, 0.1) is 58.3 Å². The molecule has 10 rings (SSSR count). The van der Waals surface area contributed by atoms with Crippen molar-refractivity contribution in [2.75, 3.05) is 24.5 Å². The number of anilines is 2. The van der Waals surface area contributed by atoms with Gasteiger partial charge in [0.15, 0.2) is 17.1 Å². The molecule has 0 spiro atoms. The zero-order chi connectivity index (χ0) is 43.2. The van der Waals surface area contributed by atoms with Crippen LogP contribution in [0, 0.1) is 23.7 Å². The Kier molecular flexibility index (Phi) is 9.69. The summed E-state index contributed by atoms with van der Waals surface area (Å²) in [6.07, 6.45) is 2.23. The summed E-state index contributed by atoms with van der Waals surface area (Å²) in [5, 5.41) is 12.6. The molecule has 3 fully saturated rings. The quantitative estimate of drug-likeness (QED) is 0.112. The fourth-order valence-electron chi connectivity index (χ4n) is 10.1. The second kappa shape index (κ2) is 15.0. The van der Waals surface area contributed by atoms with Gasteiger partial charge in [-0.25, -0.2) is 4.98 Å². The highest BCUT2D eigenvalue weighted by Gasteiger charge is 2.70. The molecule has 0 bridgehead atoms. The summed E-state index contributed by atoms with van der Waals surface area (Å²) in [6, 6.07) is 29.4. The summed E-state index contributed by atoms with van der Waals surface area (Å²) < 4.78 is 17.4. The third kappa shape index (κ3) is 5.96. The van der Waals surface area contributed by atoms with Crippen LogP contribution < -0.4 is 19.8 Å². The van der Waals surface area contributed by atoms with Crippen LogP contribution in [0.4, 0.5) is 11.4 Å². The predicted octanol–water partition coefficient (Wildman–Crippen LogP) is 9.48. The van der Waals surface area contributed by atoms with Crippen LogP contribution in [0.5, 0.6) is 17.2 Å². The number of hydrogen-bond acceptors (Lipinski definition) is 10. The number of aromatic hydroxyl groups is 1. The number of halogens is 3. The average Bonchev–Trinajstić information content (AvgIpc) is 3.90. The van der Waals surface area contributed by atoms with E-state index < -0.39 is 52.7 Å². The molecule has 12 nitrogen and oxygen atoms in total. The molecular formula is C47H35BrCl2N4O8. The Bertz CT molecular complexity index is 2870. The number of nitrogens with one attached hydrogen (secondary N) is 1. The molecule has 1 saturated carbocycles. The molecule has 0 radical (unpaired) electrons. The topological polar surface area (TPSA) is 152 Å². The number of allylic oxidation sites excluding steroid dienone is 2. The SMILES string of the molecule is COc1ccc([C@@]23C(=O)N(Nc4ccc(Cl)cc4Cl)C(=O)[C@@H]2C[C@@H]2C(=CC[C@@H]4C(=O)N(c5ccc(-c6nc7ccccc7o6)cc5)C(=O)[C@@H]42)[C@@H]3c2cc(Br)c(O)c(OC)c2)cc1. The lowest BCUT2D eigenvalue weighted by Gasteiger charge is -2.50. The first kappa shape index (κ1) is 40.0. The van der Waals surface area contributed by atoms with Gasteiger partial charge in [-0.05, 0) is 125 Å². The van der Waals surface area contributed by atoms with E-state index in [0.717, 1.165) is 10.6 Å². The standard InChI is InChI=1S/C47H35BrCl2N4O8/c1-60-28-14-9-25(10-15-28)47-32(44(57)54(46(47)59)52-35-18-11-26(49)21-34(35)50)22-31-29(40(47)24-19-33(48)41(55)38(20-24)61-2)16-17-30-39(31)45(58)53(43(30)56)27-12-7-23(8-13-27)42-51-36-5-3-4-6-37(36)62-42/h3-16,18-21,30-32,39-40,52,55H,17,22H2,1-2H3/t30-,31+,32-,39-,40-,47+/m0/s1. The lowest BCUT2D eigenvalue weighted by atomic mass is 9.49. The minimum absolute atomic E-state index is 0.0620. The molecule has 1 aromatic heterocycles. The number of para-hydroxylation sites is 2. The van der Waals surface area contributed by atoms with Crippen molar-refractivity contribution in [1.82, 2.24) is 9.99 Å². The van der Waals surface area contributed by atoms with E-state index in [1.807, 2.05) is 30.3 Å². The number of ether oxygens (including phenoxy) is 2. The Balaban J connectivity index is 1.10. The maximum absolute atomic E-state index is 15.6. The largest absolute Gasteiger partial charge is 0.503 e. The number of benzene rings is 5. The smallest absolute Gasteiger partial charge is 0.260 e. The molecule has 3 heterocycles. The van der Waals surface area contributed by atoms with E-state index in [1.54, 1.807) is 72.8 Å². The molecular weight excluding hydrogens is 899 g/mol. The molecule has 6 atom stereocenters. The molecule has 2 aliphatic carbocycles. The van der Waals surface area contributed by atoms with E-state index in [4.69, 9.17) is 37.1 Å². The summed E-state index contributed by atoms with van der Waals surface area (Å²) in [4.78, 5) is 65.9. The molecule has 2 N–H and O–H groups in total. The number of amides is 4. The van der Waals surface area contributed by atoms with Crippen LogP contribution in [0.15, 0.2) is 124 Å². The van der Waals surface area contributed by atoms with Crippen LogP contribution in [-0.4, -0.2) is 52.9 Å². The lowest BCUT2D eigenvalue weighted by Crippen LogP contribution is -2.53. The summed E-state index contributed by atoms with van der Waals surface area (Å²) in [6.45, 7) is 0. The van der Waals surface area contributed by atoms with Gasteiger partial charge < -0.3 is 19.0 Å². The summed E-state index contributed by atoms with van der Waals surface area (Å²) >= 11 is 16.3. The van der Waals surface area contributed by atoms with Crippen LogP contribution in [-0.2, 0) is 24.6 Å². The number of rotatable bonds is 8. The Hall–Kier alpha value is -6.15. The number of carbonyl (C=O) groups excluding carboxylic acids is 4. The minimum atomic E-state index is -1.61. The van der Waals surface area contributed by atoms with Crippen molar-refractivity contribution in [3.63, 3.8) is 0 Å². The van der Waals surface area contributed by atoms with E-state index in [1.165, 1.54) is 25.2 Å². The summed E-state index contributed by atoms with van der Waals surface area (Å²) in [5.41, 5.74) is 5.87. The predicted molar refractivity (Wildman–Crippen MR) is 235 cm³/mol. The van der Waals surface area contributed by atoms with Crippen molar-refractivity contribution in [1.29, 1.82) is 0 Å². The number of nitrogens with zero attached hydrogens (tertiary/aromatic N) is 3. The second-order valence-electron chi connectivity index (χ2n) is 15.8. The van der Waals surface area contributed by atoms with Crippen molar-refractivity contribution in [3.8, 4) is 28.7 Å². The van der Waals surface area contributed by atoms with Gasteiger partial charge in [-0.15, -0.1) is 0 Å². The Morgan fingerprint density at radius 2 is 1.63 bits per heavy atom. The fraction of sp³-hybridized carbons (Fsp3) is 0.213. The highest BCUT2D eigenvalue weighted by Crippen LogP contribution is 2.65. The number of methoxy groups -OCH3 is 2. The van der Waals surface area contributed by atoms with E-state index in [0.29, 0.717) is 54.6 Å². The number of fused-ring (bicyclic) bond motifs is 5. The third-order valence-corrected chi connectivity index (χ3v) is 14.0. The molecule has 4 aliphatic rings. The van der Waals surface area contributed by atoms with Crippen LogP contribution in [0.2, 0.25) is 10.0 Å². The van der Waals surface area contributed by atoms with Crippen molar-refractivity contribution in [3.05, 3.63) is 140 Å². The van der Waals surface area contributed by atoms with Gasteiger partial charge in [0, 0.05) is 16.5 Å². The van der Waals surface area contributed by atoms with Gasteiger partial charge >= 0.3 is 0 Å². The number of imide groups is 2. The van der Waals surface area contributed by atoms with Gasteiger partial charge in [0.1, 0.15) is 11.3 Å². The van der Waals surface area contributed by atoms with E-state index in [9.17, 15) is 14.7 Å². The van der Waals surface area contributed by atoms with Gasteiger partial charge in [0.25, 0.3) is 11.8 Å². The lowest BCUT2D eigenvalue weighted by molar-refractivity contribution is -0.138. The van der Waals surface area contributed by atoms with Crippen molar-refractivity contribution in [2.24, 2.45) is 23.7 Å². The highest BCUT2D eigenvalue weighted by atomic mass is 79.9. The first-order valence-corrected chi connectivity index (χ1v) is 21.3. The number of phenolic OH excluding ortho intramolecular Hbond substituents is 1. The molecule has 4 amide bonds. The second-order valence-corrected chi connectivity index (χ2v) is 17.5. The number of hydrogen-bond donors (Lipinski definition) is 2. The number of phenols is 1. The number of carbonyl (C=O) groups is 4. The number of oxazole rings is 1. The van der Waals surface area contributed by atoms with Crippen LogP contribution in [0.1, 0.15) is 29.9 Å². The van der Waals surface area contributed by atoms with Crippen LogP contribution in [0.3, 0.4) is 0 Å². The molecule has 2 aliphatic heterocycles. The van der Waals surface area contributed by atoms with Gasteiger partial charge in [0.2, 0.25) is 17.7 Å². The average molecular weight is 935 g/mol. The van der Waals surface area contributed by atoms with E-state index in [-0.39, 0.29) is 41.0 Å². The molecule has 62 heavy (non-hydrogen) atoms. The molecule has 2 saturated heterocycles. The number of hydrazine groups is 1. The summed E-state index contributed by atoms with van der Waals surface area (Å²) in [5.74, 6) is -5.11. The van der Waals surface area contributed by atoms with Crippen LogP contribution >= 0.6 is 39.1 Å². The maximum atomic E-state index is 15.6.